The smallest absolute Gasteiger partial charge is 0.134 e. The van der Waals surface area contributed by atoms with Crippen molar-refractivity contribution in [3.05, 3.63) is 53.5 Å². The maximum absolute atomic E-state index is 10.3. The van der Waals surface area contributed by atoms with Crippen LogP contribution < -0.4 is 0 Å². The lowest BCUT2D eigenvalue weighted by Crippen LogP contribution is -2.05. The van der Waals surface area contributed by atoms with E-state index in [1.165, 1.54) is 0 Å². The summed E-state index contributed by atoms with van der Waals surface area (Å²) in [7, 11) is 1.90. The summed E-state index contributed by atoms with van der Waals surface area (Å²) in [5.74, 6) is 0.602. The number of rotatable bonds is 4. The molecule has 104 valence electrons. The standard InChI is InChI=1S/C16H18N2O2/c1-3-12-9-13(18(2)17-12)10-14(19)16-8-11-6-4-5-7-15(11)20-16/h4-9,14,19H,3,10H2,1-2H3. The molecule has 3 aromatic rings. The summed E-state index contributed by atoms with van der Waals surface area (Å²) < 4.78 is 7.52. The van der Waals surface area contributed by atoms with Crippen LogP contribution in [-0.4, -0.2) is 14.9 Å². The number of benzene rings is 1. The van der Waals surface area contributed by atoms with E-state index >= 15 is 0 Å². The minimum absolute atomic E-state index is 0.503. The van der Waals surface area contributed by atoms with Crippen molar-refractivity contribution in [1.82, 2.24) is 9.78 Å². The molecular weight excluding hydrogens is 252 g/mol. The molecule has 0 saturated heterocycles. The van der Waals surface area contributed by atoms with Gasteiger partial charge < -0.3 is 9.52 Å². The van der Waals surface area contributed by atoms with Crippen LogP contribution in [0.15, 0.2) is 40.8 Å². The fourth-order valence-electron chi connectivity index (χ4n) is 2.40. The van der Waals surface area contributed by atoms with Crippen molar-refractivity contribution in [2.24, 2.45) is 7.05 Å². The van der Waals surface area contributed by atoms with E-state index in [2.05, 4.69) is 12.0 Å². The Balaban J connectivity index is 1.84. The molecule has 0 bridgehead atoms. The van der Waals surface area contributed by atoms with Crippen LogP contribution in [0.3, 0.4) is 0 Å². The van der Waals surface area contributed by atoms with Gasteiger partial charge in [-0.15, -0.1) is 0 Å². The molecular formula is C16H18N2O2. The van der Waals surface area contributed by atoms with Crippen LogP contribution in [-0.2, 0) is 19.9 Å². The van der Waals surface area contributed by atoms with Crippen LogP contribution >= 0.6 is 0 Å². The summed E-state index contributed by atoms with van der Waals surface area (Å²) in [4.78, 5) is 0. The first-order chi connectivity index (χ1) is 9.67. The van der Waals surface area contributed by atoms with Gasteiger partial charge in [0.25, 0.3) is 0 Å². The van der Waals surface area contributed by atoms with Gasteiger partial charge in [0.15, 0.2) is 0 Å². The van der Waals surface area contributed by atoms with Crippen molar-refractivity contribution in [2.45, 2.75) is 25.9 Å². The number of fused-ring (bicyclic) bond motifs is 1. The van der Waals surface area contributed by atoms with Gasteiger partial charge in [0.2, 0.25) is 0 Å². The first-order valence-corrected chi connectivity index (χ1v) is 6.85. The molecule has 2 aromatic heterocycles. The Morgan fingerprint density at radius 2 is 2.10 bits per heavy atom. The Labute approximate surface area is 117 Å². The van der Waals surface area contributed by atoms with Crippen LogP contribution in [0.2, 0.25) is 0 Å². The summed E-state index contributed by atoms with van der Waals surface area (Å²) in [6.45, 7) is 2.07. The van der Waals surface area contributed by atoms with Gasteiger partial charge >= 0.3 is 0 Å². The van der Waals surface area contributed by atoms with Gasteiger partial charge in [-0.05, 0) is 24.6 Å². The van der Waals surface area contributed by atoms with Gasteiger partial charge in [-0.2, -0.15) is 5.10 Å². The Hall–Kier alpha value is -2.07. The summed E-state index contributed by atoms with van der Waals surface area (Å²) in [6.07, 6.45) is 0.750. The number of hydrogen-bond donors (Lipinski definition) is 1. The first kappa shape index (κ1) is 12.9. The van der Waals surface area contributed by atoms with Crippen molar-refractivity contribution in [1.29, 1.82) is 0 Å². The lowest BCUT2D eigenvalue weighted by atomic mass is 10.1. The van der Waals surface area contributed by atoms with Crippen molar-refractivity contribution in [2.75, 3.05) is 0 Å². The zero-order chi connectivity index (χ0) is 14.1. The molecule has 0 aliphatic heterocycles. The van der Waals surface area contributed by atoms with Crippen LogP contribution in [0, 0.1) is 0 Å². The molecule has 0 spiro atoms. The van der Waals surface area contributed by atoms with Gasteiger partial charge in [-0.1, -0.05) is 25.1 Å². The number of aryl methyl sites for hydroxylation is 2. The van der Waals surface area contributed by atoms with E-state index in [0.29, 0.717) is 12.2 Å². The van der Waals surface area contributed by atoms with Gasteiger partial charge in [0.1, 0.15) is 17.4 Å². The van der Waals surface area contributed by atoms with Crippen molar-refractivity contribution >= 4 is 11.0 Å². The maximum atomic E-state index is 10.3. The molecule has 0 fully saturated rings. The van der Waals surface area contributed by atoms with Crippen LogP contribution in [0.5, 0.6) is 0 Å². The van der Waals surface area contributed by atoms with Gasteiger partial charge in [-0.25, -0.2) is 0 Å². The topological polar surface area (TPSA) is 51.2 Å². The third-order valence-electron chi connectivity index (χ3n) is 3.57. The number of nitrogens with zero attached hydrogens (tertiary/aromatic N) is 2. The Morgan fingerprint density at radius 3 is 2.80 bits per heavy atom. The number of furan rings is 1. The molecule has 1 atom stereocenters. The number of aliphatic hydroxyl groups excluding tert-OH is 1. The number of para-hydroxylation sites is 1. The number of hydrogen-bond acceptors (Lipinski definition) is 3. The monoisotopic (exact) mass is 270 g/mol. The molecule has 1 aromatic carbocycles. The minimum atomic E-state index is -0.650. The highest BCUT2D eigenvalue weighted by atomic mass is 16.4. The highest BCUT2D eigenvalue weighted by molar-refractivity contribution is 5.77. The molecule has 2 heterocycles. The zero-order valence-electron chi connectivity index (χ0n) is 11.7. The summed E-state index contributed by atoms with van der Waals surface area (Å²) in [5.41, 5.74) is 2.86. The Bertz CT molecular complexity index is 694. The van der Waals surface area contributed by atoms with Gasteiger partial charge in [0, 0.05) is 24.5 Å². The third kappa shape index (κ3) is 2.34. The summed E-state index contributed by atoms with van der Waals surface area (Å²) in [5, 5.41) is 15.8. The van der Waals surface area contributed by atoms with E-state index in [4.69, 9.17) is 4.42 Å². The zero-order valence-corrected chi connectivity index (χ0v) is 11.7. The SMILES string of the molecule is CCc1cc(CC(O)c2cc3ccccc3o2)n(C)n1. The van der Waals surface area contributed by atoms with Crippen molar-refractivity contribution in [3.8, 4) is 0 Å². The fourth-order valence-corrected chi connectivity index (χ4v) is 2.40. The van der Waals surface area contributed by atoms with Crippen LogP contribution in [0.4, 0.5) is 0 Å². The first-order valence-electron chi connectivity index (χ1n) is 6.85. The minimum Gasteiger partial charge on any atom is -0.458 e. The quantitative estimate of drug-likeness (QED) is 0.793. The van der Waals surface area contributed by atoms with E-state index < -0.39 is 6.10 Å². The molecule has 3 rings (SSSR count). The molecule has 0 aliphatic carbocycles. The lowest BCUT2D eigenvalue weighted by molar-refractivity contribution is 0.150. The van der Waals surface area contributed by atoms with E-state index in [1.807, 2.05) is 48.1 Å². The van der Waals surface area contributed by atoms with Crippen LogP contribution in [0.1, 0.15) is 30.2 Å². The van der Waals surface area contributed by atoms with Crippen molar-refractivity contribution in [3.63, 3.8) is 0 Å². The van der Waals surface area contributed by atoms with Gasteiger partial charge in [-0.3, -0.25) is 4.68 Å². The predicted octanol–water partition coefficient (Wildman–Crippen LogP) is 3.00. The van der Waals surface area contributed by atoms with E-state index in [0.717, 1.165) is 28.8 Å². The Morgan fingerprint density at radius 1 is 1.30 bits per heavy atom. The average Bonchev–Trinajstić information content (AvgIpc) is 3.02. The molecule has 0 aliphatic rings. The lowest BCUT2D eigenvalue weighted by Gasteiger charge is -2.07. The van der Waals surface area contributed by atoms with Crippen molar-refractivity contribution < 1.29 is 9.52 Å². The normalized spacial score (nSPS) is 12.9. The number of aromatic nitrogens is 2. The molecule has 4 nitrogen and oxygen atoms in total. The van der Waals surface area contributed by atoms with E-state index in [1.54, 1.807) is 0 Å². The van der Waals surface area contributed by atoms with E-state index in [-0.39, 0.29) is 0 Å². The van der Waals surface area contributed by atoms with E-state index in [9.17, 15) is 5.11 Å². The number of aliphatic hydroxyl groups is 1. The van der Waals surface area contributed by atoms with Gasteiger partial charge in [0.05, 0.1) is 5.69 Å². The second-order valence-corrected chi connectivity index (χ2v) is 5.01. The average molecular weight is 270 g/mol. The third-order valence-corrected chi connectivity index (χ3v) is 3.57. The molecule has 1 unspecified atom stereocenters. The molecule has 20 heavy (non-hydrogen) atoms. The predicted molar refractivity (Wildman–Crippen MR) is 77.5 cm³/mol. The molecule has 0 saturated carbocycles. The molecule has 4 heteroatoms. The van der Waals surface area contributed by atoms with Crippen LogP contribution in [0.25, 0.3) is 11.0 Å². The maximum Gasteiger partial charge on any atom is 0.134 e. The molecule has 0 radical (unpaired) electrons. The Kier molecular flexibility index (Phi) is 3.32. The molecule has 0 amide bonds. The highest BCUT2D eigenvalue weighted by Gasteiger charge is 2.16. The fraction of sp³-hybridized carbons (Fsp3) is 0.312. The molecule has 1 N–H and O–H groups in total. The summed E-state index contributed by atoms with van der Waals surface area (Å²) >= 11 is 0. The largest absolute Gasteiger partial charge is 0.458 e. The second-order valence-electron chi connectivity index (χ2n) is 5.01. The highest BCUT2D eigenvalue weighted by Crippen LogP contribution is 2.26. The summed E-state index contributed by atoms with van der Waals surface area (Å²) in [6, 6.07) is 11.7. The second kappa shape index (κ2) is 5.13.